The Morgan fingerprint density at radius 3 is 2.43 bits per heavy atom. The molecule has 2 amide bonds. The molecule has 0 aromatic rings. The SMILES string of the molecule is CCCCC[C@@H](C)NC(=O)NC1CCN(S(C)(=O)=O)CC1. The third-order valence-corrected chi connectivity index (χ3v) is 5.18. The maximum Gasteiger partial charge on any atom is 0.315 e. The number of urea groups is 1. The molecule has 0 bridgehead atoms. The van der Waals surface area contributed by atoms with Crippen molar-refractivity contribution >= 4 is 16.1 Å². The minimum Gasteiger partial charge on any atom is -0.336 e. The van der Waals surface area contributed by atoms with Crippen molar-refractivity contribution in [3.8, 4) is 0 Å². The predicted octanol–water partition coefficient (Wildman–Crippen LogP) is 1.68. The molecule has 1 fully saturated rings. The molecule has 6 nitrogen and oxygen atoms in total. The van der Waals surface area contributed by atoms with Gasteiger partial charge in [-0.25, -0.2) is 17.5 Å². The molecule has 21 heavy (non-hydrogen) atoms. The highest BCUT2D eigenvalue weighted by molar-refractivity contribution is 7.88. The largest absolute Gasteiger partial charge is 0.336 e. The zero-order valence-electron chi connectivity index (χ0n) is 13.4. The maximum atomic E-state index is 11.9. The lowest BCUT2D eigenvalue weighted by atomic mass is 10.1. The lowest BCUT2D eigenvalue weighted by Crippen LogP contribution is -2.50. The number of hydrogen-bond acceptors (Lipinski definition) is 3. The highest BCUT2D eigenvalue weighted by atomic mass is 32.2. The molecule has 0 aliphatic carbocycles. The fourth-order valence-corrected chi connectivity index (χ4v) is 3.43. The monoisotopic (exact) mass is 319 g/mol. The number of nitrogens with zero attached hydrogens (tertiary/aromatic N) is 1. The molecular formula is C14H29N3O3S. The quantitative estimate of drug-likeness (QED) is 0.701. The highest BCUT2D eigenvalue weighted by Gasteiger charge is 2.25. The van der Waals surface area contributed by atoms with Gasteiger partial charge in [0.25, 0.3) is 0 Å². The maximum absolute atomic E-state index is 11.9. The summed E-state index contributed by atoms with van der Waals surface area (Å²) < 4.78 is 24.3. The van der Waals surface area contributed by atoms with Crippen LogP contribution in [0.15, 0.2) is 0 Å². The van der Waals surface area contributed by atoms with Crippen LogP contribution in [0.4, 0.5) is 4.79 Å². The third kappa shape index (κ3) is 7.13. The third-order valence-electron chi connectivity index (χ3n) is 3.88. The average Bonchev–Trinajstić information content (AvgIpc) is 2.38. The zero-order valence-corrected chi connectivity index (χ0v) is 14.2. The second-order valence-electron chi connectivity index (χ2n) is 5.95. The van der Waals surface area contributed by atoms with E-state index in [1.807, 2.05) is 6.92 Å². The summed E-state index contributed by atoms with van der Waals surface area (Å²) in [7, 11) is -3.10. The van der Waals surface area contributed by atoms with Crippen LogP contribution in [0, 0.1) is 0 Å². The molecular weight excluding hydrogens is 290 g/mol. The molecule has 1 rings (SSSR count). The van der Waals surface area contributed by atoms with Gasteiger partial charge in [0.15, 0.2) is 0 Å². The number of carbonyl (C=O) groups excluding carboxylic acids is 1. The van der Waals surface area contributed by atoms with E-state index >= 15 is 0 Å². The summed E-state index contributed by atoms with van der Waals surface area (Å²) in [5, 5.41) is 5.89. The molecule has 7 heteroatoms. The van der Waals surface area contributed by atoms with Crippen LogP contribution < -0.4 is 10.6 Å². The molecule has 0 unspecified atom stereocenters. The smallest absolute Gasteiger partial charge is 0.315 e. The van der Waals surface area contributed by atoms with Crippen LogP contribution in [-0.4, -0.2) is 50.2 Å². The minimum absolute atomic E-state index is 0.0610. The molecule has 0 aromatic heterocycles. The van der Waals surface area contributed by atoms with Crippen molar-refractivity contribution in [2.75, 3.05) is 19.3 Å². The van der Waals surface area contributed by atoms with E-state index in [1.54, 1.807) is 0 Å². The first-order valence-corrected chi connectivity index (χ1v) is 9.70. The van der Waals surface area contributed by atoms with Crippen LogP contribution in [0.25, 0.3) is 0 Å². The number of nitrogens with one attached hydrogen (secondary N) is 2. The number of hydrogen-bond donors (Lipinski definition) is 2. The van der Waals surface area contributed by atoms with Crippen LogP contribution in [0.3, 0.4) is 0 Å². The number of sulfonamides is 1. The van der Waals surface area contributed by atoms with Crippen molar-refractivity contribution in [2.45, 2.75) is 64.5 Å². The van der Waals surface area contributed by atoms with Gasteiger partial charge in [-0.2, -0.15) is 0 Å². The number of piperidine rings is 1. The Morgan fingerprint density at radius 2 is 1.90 bits per heavy atom. The lowest BCUT2D eigenvalue weighted by Gasteiger charge is -2.31. The van der Waals surface area contributed by atoms with E-state index < -0.39 is 10.0 Å². The summed E-state index contributed by atoms with van der Waals surface area (Å²) in [5.74, 6) is 0. The van der Waals surface area contributed by atoms with Crippen molar-refractivity contribution in [1.29, 1.82) is 0 Å². The Bertz CT molecular complexity index is 417. The van der Waals surface area contributed by atoms with Crippen LogP contribution in [-0.2, 0) is 10.0 Å². The topological polar surface area (TPSA) is 78.5 Å². The van der Waals surface area contributed by atoms with Gasteiger partial charge in [-0.3, -0.25) is 0 Å². The van der Waals surface area contributed by atoms with Gasteiger partial charge < -0.3 is 10.6 Å². The van der Waals surface area contributed by atoms with Gasteiger partial charge in [0, 0.05) is 25.2 Å². The molecule has 1 heterocycles. The summed E-state index contributed by atoms with van der Waals surface area (Å²) in [6.45, 7) is 5.14. The van der Waals surface area contributed by atoms with Crippen LogP contribution in [0.2, 0.25) is 0 Å². The second kappa shape index (κ2) is 8.58. The first-order valence-electron chi connectivity index (χ1n) is 7.85. The molecule has 1 atom stereocenters. The van der Waals surface area contributed by atoms with E-state index in [2.05, 4.69) is 17.6 Å². The van der Waals surface area contributed by atoms with Crippen LogP contribution in [0.1, 0.15) is 52.4 Å². The van der Waals surface area contributed by atoms with Crippen molar-refractivity contribution in [1.82, 2.24) is 14.9 Å². The first-order chi connectivity index (χ1) is 9.82. The summed E-state index contributed by atoms with van der Waals surface area (Å²) in [5.41, 5.74) is 0. The molecule has 0 radical (unpaired) electrons. The van der Waals surface area contributed by atoms with Crippen molar-refractivity contribution in [3.63, 3.8) is 0 Å². The Labute approximate surface area is 128 Å². The molecule has 1 saturated heterocycles. The molecule has 0 spiro atoms. The van der Waals surface area contributed by atoms with E-state index in [1.165, 1.54) is 23.4 Å². The molecule has 124 valence electrons. The Balaban J connectivity index is 2.24. The minimum atomic E-state index is -3.10. The molecule has 2 N–H and O–H groups in total. The first kappa shape index (κ1) is 18.2. The zero-order chi connectivity index (χ0) is 15.9. The normalized spacial score (nSPS) is 19.2. The summed E-state index contributed by atoms with van der Waals surface area (Å²) in [6.07, 6.45) is 7.06. The molecule has 0 saturated carbocycles. The number of unbranched alkanes of at least 4 members (excludes halogenated alkanes) is 2. The molecule has 1 aliphatic heterocycles. The second-order valence-corrected chi connectivity index (χ2v) is 7.93. The number of amides is 2. The van der Waals surface area contributed by atoms with E-state index in [0.29, 0.717) is 25.9 Å². The van der Waals surface area contributed by atoms with Gasteiger partial charge >= 0.3 is 6.03 Å². The van der Waals surface area contributed by atoms with Gasteiger partial charge in [-0.15, -0.1) is 0 Å². The fraction of sp³-hybridized carbons (Fsp3) is 0.929. The summed E-state index contributed by atoms with van der Waals surface area (Å²) in [4.78, 5) is 11.9. The van der Waals surface area contributed by atoms with Gasteiger partial charge in [-0.1, -0.05) is 26.2 Å². The Hall–Kier alpha value is -0.820. The van der Waals surface area contributed by atoms with E-state index in [9.17, 15) is 13.2 Å². The van der Waals surface area contributed by atoms with Gasteiger partial charge in [0.05, 0.1) is 6.26 Å². The molecule has 1 aliphatic rings. The summed E-state index contributed by atoms with van der Waals surface area (Å²) >= 11 is 0. The predicted molar refractivity (Wildman–Crippen MR) is 84.7 cm³/mol. The van der Waals surface area contributed by atoms with Crippen LogP contribution in [0.5, 0.6) is 0 Å². The van der Waals surface area contributed by atoms with Crippen molar-refractivity contribution in [2.24, 2.45) is 0 Å². The van der Waals surface area contributed by atoms with Gasteiger partial charge in [0.1, 0.15) is 0 Å². The fourth-order valence-electron chi connectivity index (χ4n) is 2.56. The van der Waals surface area contributed by atoms with Gasteiger partial charge in [-0.05, 0) is 26.2 Å². The standard InChI is InChI=1S/C14H29N3O3S/c1-4-5-6-7-12(2)15-14(18)16-13-8-10-17(11-9-13)21(3,19)20/h12-13H,4-11H2,1-3H3,(H2,15,16,18)/t12-/m1/s1. The number of carbonyl (C=O) groups is 1. The summed E-state index contributed by atoms with van der Waals surface area (Å²) in [6, 6.07) is 0.0929. The van der Waals surface area contributed by atoms with Crippen molar-refractivity contribution in [3.05, 3.63) is 0 Å². The Kier molecular flexibility index (Phi) is 7.45. The van der Waals surface area contributed by atoms with Crippen LogP contribution >= 0.6 is 0 Å². The average molecular weight is 319 g/mol. The highest BCUT2D eigenvalue weighted by Crippen LogP contribution is 2.13. The van der Waals surface area contributed by atoms with E-state index in [-0.39, 0.29) is 18.1 Å². The van der Waals surface area contributed by atoms with Crippen molar-refractivity contribution < 1.29 is 13.2 Å². The Morgan fingerprint density at radius 1 is 1.29 bits per heavy atom. The van der Waals surface area contributed by atoms with E-state index in [0.717, 1.165) is 12.8 Å². The lowest BCUT2D eigenvalue weighted by molar-refractivity contribution is 0.224. The van der Waals surface area contributed by atoms with Gasteiger partial charge in [0.2, 0.25) is 10.0 Å². The van der Waals surface area contributed by atoms with E-state index in [4.69, 9.17) is 0 Å². The number of rotatable bonds is 7. The molecule has 0 aromatic carbocycles.